The molecular formula is C10H16O. The highest BCUT2D eigenvalue weighted by Gasteiger charge is 2.10. The molecule has 1 nitrogen and oxygen atoms in total. The van der Waals surface area contributed by atoms with Crippen LogP contribution < -0.4 is 0 Å². The van der Waals surface area contributed by atoms with Gasteiger partial charge in [-0.05, 0) is 18.4 Å². The van der Waals surface area contributed by atoms with Crippen LogP contribution in [0.5, 0.6) is 0 Å². The molecule has 0 amide bonds. The number of carbonyl (C=O) groups is 1. The van der Waals surface area contributed by atoms with Crippen LogP contribution in [0, 0.1) is 5.92 Å². The van der Waals surface area contributed by atoms with E-state index in [1.54, 1.807) is 6.08 Å². The van der Waals surface area contributed by atoms with E-state index < -0.39 is 0 Å². The van der Waals surface area contributed by atoms with E-state index in [0.717, 1.165) is 18.6 Å². The average molecular weight is 152 g/mol. The molecule has 0 radical (unpaired) electrons. The Bertz CT molecular complexity index is 132. The van der Waals surface area contributed by atoms with Gasteiger partial charge in [0.1, 0.15) is 6.29 Å². The summed E-state index contributed by atoms with van der Waals surface area (Å²) < 4.78 is 0. The summed E-state index contributed by atoms with van der Waals surface area (Å²) in [5.74, 6) is 0.861. The van der Waals surface area contributed by atoms with Crippen molar-refractivity contribution in [2.24, 2.45) is 5.92 Å². The fourth-order valence-electron chi connectivity index (χ4n) is 1.75. The molecule has 0 unspecified atom stereocenters. The summed E-state index contributed by atoms with van der Waals surface area (Å²) in [5.41, 5.74) is 0. The van der Waals surface area contributed by atoms with Gasteiger partial charge in [-0.25, -0.2) is 0 Å². The van der Waals surface area contributed by atoms with E-state index in [0.29, 0.717) is 0 Å². The van der Waals surface area contributed by atoms with Gasteiger partial charge in [-0.15, -0.1) is 0 Å². The zero-order chi connectivity index (χ0) is 7.94. The molecule has 0 aromatic rings. The van der Waals surface area contributed by atoms with Crippen molar-refractivity contribution in [3.05, 3.63) is 12.2 Å². The van der Waals surface area contributed by atoms with Crippen LogP contribution in [0.25, 0.3) is 0 Å². The van der Waals surface area contributed by atoms with Crippen molar-refractivity contribution in [2.45, 2.75) is 38.5 Å². The van der Waals surface area contributed by atoms with E-state index in [1.807, 2.05) is 6.08 Å². The standard InChI is InChI=1S/C10H16O/c11-9-5-4-8-10-6-2-1-3-7-10/h4-5,9-10H,1-3,6-8H2/b5-4+. The quantitative estimate of drug-likeness (QED) is 0.449. The van der Waals surface area contributed by atoms with Crippen molar-refractivity contribution in [1.29, 1.82) is 0 Å². The molecule has 0 saturated heterocycles. The molecular weight excluding hydrogens is 136 g/mol. The summed E-state index contributed by atoms with van der Waals surface area (Å²) in [6.45, 7) is 0. The molecule has 62 valence electrons. The van der Waals surface area contributed by atoms with Gasteiger partial charge in [0.2, 0.25) is 0 Å². The Labute approximate surface area is 68.5 Å². The predicted octanol–water partition coefficient (Wildman–Crippen LogP) is 2.71. The van der Waals surface area contributed by atoms with Gasteiger partial charge in [-0.2, -0.15) is 0 Å². The van der Waals surface area contributed by atoms with Crippen LogP contribution in [0.3, 0.4) is 0 Å². The average Bonchev–Trinajstić information content (AvgIpc) is 2.07. The fourth-order valence-corrected chi connectivity index (χ4v) is 1.75. The maximum atomic E-state index is 9.96. The van der Waals surface area contributed by atoms with Crippen molar-refractivity contribution in [1.82, 2.24) is 0 Å². The summed E-state index contributed by atoms with van der Waals surface area (Å²) in [4.78, 5) is 9.96. The maximum absolute atomic E-state index is 9.96. The van der Waals surface area contributed by atoms with E-state index in [1.165, 1.54) is 32.1 Å². The molecule has 0 aliphatic heterocycles. The van der Waals surface area contributed by atoms with Gasteiger partial charge < -0.3 is 0 Å². The Balaban J connectivity index is 2.14. The molecule has 1 aliphatic carbocycles. The zero-order valence-corrected chi connectivity index (χ0v) is 6.96. The van der Waals surface area contributed by atoms with Gasteiger partial charge in [0.05, 0.1) is 0 Å². The van der Waals surface area contributed by atoms with E-state index in [4.69, 9.17) is 0 Å². The lowest BCUT2D eigenvalue weighted by atomic mass is 9.87. The van der Waals surface area contributed by atoms with Crippen LogP contribution in [0.1, 0.15) is 38.5 Å². The van der Waals surface area contributed by atoms with Gasteiger partial charge in [-0.3, -0.25) is 4.79 Å². The molecule has 0 heterocycles. The molecule has 0 atom stereocenters. The Morgan fingerprint density at radius 1 is 1.18 bits per heavy atom. The lowest BCUT2D eigenvalue weighted by Gasteiger charge is -2.19. The monoisotopic (exact) mass is 152 g/mol. The van der Waals surface area contributed by atoms with Crippen LogP contribution in [0.15, 0.2) is 12.2 Å². The zero-order valence-electron chi connectivity index (χ0n) is 6.96. The van der Waals surface area contributed by atoms with E-state index in [9.17, 15) is 4.79 Å². The van der Waals surface area contributed by atoms with Gasteiger partial charge in [0.25, 0.3) is 0 Å². The third kappa shape index (κ3) is 3.35. The van der Waals surface area contributed by atoms with Crippen LogP contribution in [0.2, 0.25) is 0 Å². The number of allylic oxidation sites excluding steroid dienone is 2. The molecule has 1 rings (SSSR count). The van der Waals surface area contributed by atoms with Gasteiger partial charge in [0.15, 0.2) is 0 Å². The number of rotatable bonds is 3. The molecule has 11 heavy (non-hydrogen) atoms. The number of hydrogen-bond donors (Lipinski definition) is 0. The van der Waals surface area contributed by atoms with Crippen LogP contribution in [0.4, 0.5) is 0 Å². The highest BCUT2D eigenvalue weighted by Crippen LogP contribution is 2.26. The van der Waals surface area contributed by atoms with Gasteiger partial charge in [0, 0.05) is 0 Å². The number of aldehydes is 1. The first kappa shape index (κ1) is 8.51. The first-order chi connectivity index (χ1) is 5.43. The minimum atomic E-state index is 0.861. The van der Waals surface area contributed by atoms with Crippen LogP contribution in [-0.4, -0.2) is 6.29 Å². The van der Waals surface area contributed by atoms with Crippen molar-refractivity contribution in [2.75, 3.05) is 0 Å². The second kappa shape index (κ2) is 5.11. The normalized spacial score (nSPS) is 20.7. The topological polar surface area (TPSA) is 17.1 Å². The highest BCUT2D eigenvalue weighted by molar-refractivity contribution is 5.64. The summed E-state index contributed by atoms with van der Waals surface area (Å²) >= 11 is 0. The van der Waals surface area contributed by atoms with Gasteiger partial charge >= 0.3 is 0 Å². The Kier molecular flexibility index (Phi) is 3.95. The minimum absolute atomic E-state index is 0.861. The fraction of sp³-hybridized carbons (Fsp3) is 0.700. The highest BCUT2D eigenvalue weighted by atomic mass is 16.1. The maximum Gasteiger partial charge on any atom is 0.142 e. The van der Waals surface area contributed by atoms with E-state index >= 15 is 0 Å². The molecule has 0 aromatic heterocycles. The Hall–Kier alpha value is -0.590. The van der Waals surface area contributed by atoms with Crippen molar-refractivity contribution in [3.63, 3.8) is 0 Å². The largest absolute Gasteiger partial charge is 0.299 e. The first-order valence-corrected chi connectivity index (χ1v) is 4.54. The Morgan fingerprint density at radius 2 is 1.91 bits per heavy atom. The van der Waals surface area contributed by atoms with Crippen molar-refractivity contribution >= 4 is 6.29 Å². The molecule has 0 spiro atoms. The lowest BCUT2D eigenvalue weighted by Crippen LogP contribution is -2.04. The molecule has 0 aromatic carbocycles. The predicted molar refractivity (Wildman–Crippen MR) is 46.4 cm³/mol. The molecule has 1 fully saturated rings. The minimum Gasteiger partial charge on any atom is -0.299 e. The van der Waals surface area contributed by atoms with E-state index in [-0.39, 0.29) is 0 Å². The third-order valence-corrected chi connectivity index (χ3v) is 2.41. The summed E-state index contributed by atoms with van der Waals surface area (Å²) in [6, 6.07) is 0. The van der Waals surface area contributed by atoms with Crippen molar-refractivity contribution < 1.29 is 4.79 Å². The van der Waals surface area contributed by atoms with Crippen LogP contribution >= 0.6 is 0 Å². The molecule has 1 aliphatic rings. The molecule has 0 bridgehead atoms. The molecule has 1 saturated carbocycles. The second-order valence-electron chi connectivity index (χ2n) is 3.30. The van der Waals surface area contributed by atoms with E-state index in [2.05, 4.69) is 0 Å². The van der Waals surface area contributed by atoms with Crippen LogP contribution in [-0.2, 0) is 4.79 Å². The first-order valence-electron chi connectivity index (χ1n) is 4.54. The summed E-state index contributed by atoms with van der Waals surface area (Å²) in [7, 11) is 0. The number of carbonyl (C=O) groups excluding carboxylic acids is 1. The lowest BCUT2D eigenvalue weighted by molar-refractivity contribution is -0.104. The number of hydrogen-bond acceptors (Lipinski definition) is 1. The summed E-state index contributed by atoms with van der Waals surface area (Å²) in [6.07, 6.45) is 12.5. The molecule has 1 heteroatoms. The Morgan fingerprint density at radius 3 is 2.55 bits per heavy atom. The molecule has 0 N–H and O–H groups in total. The third-order valence-electron chi connectivity index (χ3n) is 2.41. The smallest absolute Gasteiger partial charge is 0.142 e. The SMILES string of the molecule is O=C/C=C/CC1CCCCC1. The van der Waals surface area contributed by atoms with Crippen molar-refractivity contribution in [3.8, 4) is 0 Å². The second-order valence-corrected chi connectivity index (χ2v) is 3.30. The summed E-state index contributed by atoms with van der Waals surface area (Å²) in [5, 5.41) is 0. The van der Waals surface area contributed by atoms with Gasteiger partial charge in [-0.1, -0.05) is 38.2 Å².